The van der Waals surface area contributed by atoms with Crippen LogP contribution in [-0.2, 0) is 9.47 Å². The number of hydrogen-bond donors (Lipinski definition) is 2. The smallest absolute Gasteiger partial charge is 0.0975 e. The molecule has 0 aromatic carbocycles. The van der Waals surface area contributed by atoms with Crippen LogP contribution in [0.5, 0.6) is 0 Å². The van der Waals surface area contributed by atoms with Crippen LogP contribution in [-0.4, -0.2) is 49.7 Å². The van der Waals surface area contributed by atoms with Crippen LogP contribution in [0.4, 0.5) is 0 Å². The Hall–Kier alpha value is -0.160. The van der Waals surface area contributed by atoms with Crippen LogP contribution in [0.3, 0.4) is 0 Å². The second-order valence-electron chi connectivity index (χ2n) is 5.44. The highest BCUT2D eigenvalue weighted by molar-refractivity contribution is 4.75. The molecule has 1 atom stereocenters. The summed E-state index contributed by atoms with van der Waals surface area (Å²) in [6.45, 7) is 10.4. The predicted molar refractivity (Wildman–Crippen MR) is 70.3 cm³/mol. The van der Waals surface area contributed by atoms with E-state index in [-0.39, 0.29) is 5.60 Å². The Kier molecular flexibility index (Phi) is 7.96. The van der Waals surface area contributed by atoms with Crippen molar-refractivity contribution in [1.82, 2.24) is 5.32 Å². The van der Waals surface area contributed by atoms with Crippen molar-refractivity contribution < 1.29 is 14.6 Å². The number of ether oxygens (including phenoxy) is 2. The fourth-order valence-electron chi connectivity index (χ4n) is 1.30. The molecule has 17 heavy (non-hydrogen) atoms. The van der Waals surface area contributed by atoms with Gasteiger partial charge in [0.2, 0.25) is 0 Å². The number of aliphatic hydroxyl groups is 1. The average molecular weight is 247 g/mol. The second kappa shape index (κ2) is 8.03. The Morgan fingerprint density at radius 3 is 2.41 bits per heavy atom. The van der Waals surface area contributed by atoms with Gasteiger partial charge >= 0.3 is 0 Å². The summed E-state index contributed by atoms with van der Waals surface area (Å²) in [7, 11) is 1.70. The van der Waals surface area contributed by atoms with Crippen LogP contribution in [0.25, 0.3) is 0 Å². The van der Waals surface area contributed by atoms with Crippen molar-refractivity contribution in [3.8, 4) is 0 Å². The van der Waals surface area contributed by atoms with Gasteiger partial charge in [0.1, 0.15) is 0 Å². The minimum absolute atomic E-state index is 0.160. The summed E-state index contributed by atoms with van der Waals surface area (Å²) in [5.41, 5.74) is -0.960. The fraction of sp³-hybridized carbons (Fsp3) is 1.00. The minimum atomic E-state index is -0.799. The summed E-state index contributed by atoms with van der Waals surface area (Å²) in [6, 6.07) is 0. The molecule has 104 valence electrons. The third-order valence-corrected chi connectivity index (χ3v) is 2.75. The van der Waals surface area contributed by atoms with E-state index in [1.165, 1.54) is 0 Å². The monoisotopic (exact) mass is 247 g/mol. The quantitative estimate of drug-likeness (QED) is 0.575. The van der Waals surface area contributed by atoms with Crippen molar-refractivity contribution in [1.29, 1.82) is 0 Å². The maximum absolute atomic E-state index is 10.0. The molecular formula is C13H29NO3. The van der Waals surface area contributed by atoms with Gasteiger partial charge in [0, 0.05) is 20.3 Å². The van der Waals surface area contributed by atoms with Crippen LogP contribution in [0.1, 0.15) is 40.5 Å². The van der Waals surface area contributed by atoms with Gasteiger partial charge in [0.25, 0.3) is 0 Å². The molecule has 0 radical (unpaired) electrons. The highest BCUT2D eigenvalue weighted by Crippen LogP contribution is 2.13. The summed E-state index contributed by atoms with van der Waals surface area (Å²) >= 11 is 0. The van der Waals surface area contributed by atoms with E-state index in [0.29, 0.717) is 19.8 Å². The molecule has 4 heteroatoms. The van der Waals surface area contributed by atoms with E-state index >= 15 is 0 Å². The third-order valence-electron chi connectivity index (χ3n) is 2.75. The molecule has 0 aliphatic carbocycles. The zero-order valence-electron chi connectivity index (χ0n) is 12.0. The van der Waals surface area contributed by atoms with Gasteiger partial charge in [0.05, 0.1) is 17.8 Å². The van der Waals surface area contributed by atoms with Gasteiger partial charge in [-0.25, -0.2) is 0 Å². The summed E-state index contributed by atoms with van der Waals surface area (Å²) in [5.74, 6) is 0. The molecule has 4 nitrogen and oxygen atoms in total. The lowest BCUT2D eigenvalue weighted by molar-refractivity contribution is -0.0547. The summed E-state index contributed by atoms with van der Waals surface area (Å²) in [4.78, 5) is 0. The maximum atomic E-state index is 10.0. The first kappa shape index (κ1) is 16.8. The highest BCUT2D eigenvalue weighted by Gasteiger charge is 2.21. The normalized spacial score (nSPS) is 15.9. The lowest BCUT2D eigenvalue weighted by Gasteiger charge is -2.26. The van der Waals surface area contributed by atoms with E-state index in [1.54, 1.807) is 14.0 Å². The van der Waals surface area contributed by atoms with Gasteiger partial charge in [-0.2, -0.15) is 0 Å². The van der Waals surface area contributed by atoms with Gasteiger partial charge in [-0.3, -0.25) is 0 Å². The first-order valence-electron chi connectivity index (χ1n) is 6.39. The first-order valence-corrected chi connectivity index (χ1v) is 6.39. The SMILES string of the molecule is CCCNCC(C)(O)COCCC(C)(C)OC. The topological polar surface area (TPSA) is 50.7 Å². The standard InChI is InChI=1S/C13H29NO3/c1-6-8-14-10-13(4,15)11-17-9-7-12(2,3)16-5/h14-15H,6-11H2,1-5H3. The molecule has 0 rings (SSSR count). The number of nitrogens with one attached hydrogen (secondary N) is 1. The van der Waals surface area contributed by atoms with Gasteiger partial charge in [-0.15, -0.1) is 0 Å². The molecule has 0 aliphatic heterocycles. The van der Waals surface area contributed by atoms with E-state index in [2.05, 4.69) is 12.2 Å². The van der Waals surface area contributed by atoms with Crippen molar-refractivity contribution in [3.05, 3.63) is 0 Å². The Morgan fingerprint density at radius 2 is 1.88 bits per heavy atom. The van der Waals surface area contributed by atoms with Crippen molar-refractivity contribution in [2.24, 2.45) is 0 Å². The third kappa shape index (κ3) is 9.53. The van der Waals surface area contributed by atoms with E-state index in [9.17, 15) is 5.11 Å². The Labute approximate surface area is 106 Å². The van der Waals surface area contributed by atoms with Crippen LogP contribution in [0.2, 0.25) is 0 Å². The predicted octanol–water partition coefficient (Wildman–Crippen LogP) is 1.57. The van der Waals surface area contributed by atoms with Crippen LogP contribution in [0.15, 0.2) is 0 Å². The maximum Gasteiger partial charge on any atom is 0.0975 e. The van der Waals surface area contributed by atoms with E-state index in [0.717, 1.165) is 19.4 Å². The molecule has 0 saturated heterocycles. The zero-order valence-corrected chi connectivity index (χ0v) is 12.0. The van der Waals surface area contributed by atoms with Crippen LogP contribution in [0, 0.1) is 0 Å². The number of rotatable bonds is 10. The minimum Gasteiger partial charge on any atom is -0.386 e. The molecular weight excluding hydrogens is 218 g/mol. The van der Waals surface area contributed by atoms with Crippen LogP contribution >= 0.6 is 0 Å². The number of methoxy groups -OCH3 is 1. The molecule has 0 aromatic rings. The Morgan fingerprint density at radius 1 is 1.24 bits per heavy atom. The van der Waals surface area contributed by atoms with Gasteiger partial charge in [-0.05, 0) is 40.2 Å². The van der Waals surface area contributed by atoms with E-state index in [1.807, 2.05) is 13.8 Å². The van der Waals surface area contributed by atoms with E-state index < -0.39 is 5.60 Å². The van der Waals surface area contributed by atoms with Gasteiger partial charge < -0.3 is 19.9 Å². The fourth-order valence-corrected chi connectivity index (χ4v) is 1.30. The second-order valence-corrected chi connectivity index (χ2v) is 5.44. The Bertz CT molecular complexity index is 193. The average Bonchev–Trinajstić information content (AvgIpc) is 2.25. The Balaban J connectivity index is 3.65. The van der Waals surface area contributed by atoms with Crippen molar-refractivity contribution in [3.63, 3.8) is 0 Å². The van der Waals surface area contributed by atoms with Gasteiger partial charge in [-0.1, -0.05) is 6.92 Å². The molecule has 1 unspecified atom stereocenters. The summed E-state index contributed by atoms with van der Waals surface area (Å²) in [6.07, 6.45) is 1.89. The summed E-state index contributed by atoms with van der Waals surface area (Å²) < 4.78 is 10.8. The molecule has 0 saturated carbocycles. The van der Waals surface area contributed by atoms with Crippen molar-refractivity contribution >= 4 is 0 Å². The first-order chi connectivity index (χ1) is 7.83. The summed E-state index contributed by atoms with van der Waals surface area (Å²) in [5, 5.41) is 13.2. The van der Waals surface area contributed by atoms with Gasteiger partial charge in [0.15, 0.2) is 0 Å². The molecule has 0 heterocycles. The molecule has 0 aliphatic rings. The zero-order chi connectivity index (χ0) is 13.4. The molecule has 2 N–H and O–H groups in total. The lowest BCUT2D eigenvalue weighted by Crippen LogP contribution is -2.42. The molecule has 0 aromatic heterocycles. The number of hydrogen-bond acceptors (Lipinski definition) is 4. The molecule has 0 fully saturated rings. The molecule has 0 spiro atoms. The van der Waals surface area contributed by atoms with Crippen molar-refractivity contribution in [2.45, 2.75) is 51.7 Å². The lowest BCUT2D eigenvalue weighted by atomic mass is 10.1. The largest absolute Gasteiger partial charge is 0.386 e. The van der Waals surface area contributed by atoms with E-state index in [4.69, 9.17) is 9.47 Å². The van der Waals surface area contributed by atoms with Crippen LogP contribution < -0.4 is 5.32 Å². The molecule has 0 amide bonds. The van der Waals surface area contributed by atoms with Crippen molar-refractivity contribution in [2.75, 3.05) is 33.4 Å². The molecule has 0 bridgehead atoms. The highest BCUT2D eigenvalue weighted by atomic mass is 16.5.